The Hall–Kier alpha value is -2.33. The summed E-state index contributed by atoms with van der Waals surface area (Å²) < 4.78 is 11.7. The Kier molecular flexibility index (Phi) is 7.32. The molecule has 1 heterocycles. The molecule has 1 fully saturated rings. The summed E-state index contributed by atoms with van der Waals surface area (Å²) in [5.41, 5.74) is 4.95. The average Bonchev–Trinajstić information content (AvgIpc) is 3.22. The van der Waals surface area contributed by atoms with Crippen LogP contribution in [0.5, 0.6) is 11.5 Å². The molecule has 2 aromatic rings. The van der Waals surface area contributed by atoms with Gasteiger partial charge in [-0.05, 0) is 87.2 Å². The van der Waals surface area contributed by atoms with E-state index in [1.54, 1.807) is 7.11 Å². The van der Waals surface area contributed by atoms with E-state index in [0.29, 0.717) is 13.0 Å². The van der Waals surface area contributed by atoms with Gasteiger partial charge in [0, 0.05) is 24.1 Å². The van der Waals surface area contributed by atoms with Gasteiger partial charge in [-0.25, -0.2) is 0 Å². The van der Waals surface area contributed by atoms with Crippen molar-refractivity contribution >= 4 is 5.78 Å². The summed E-state index contributed by atoms with van der Waals surface area (Å²) in [6.45, 7) is 10.1. The standard InChI is InChI=1S/C25H33NO3/c1-5-8-24(27)20-15-19(3)25(29-14-13-26-11-6-7-12-26)23(17-20)22-10-9-21(28-4)16-18(22)2/h9-10,15-17H,5-8,11-14H2,1-4H3. The third-order valence-electron chi connectivity index (χ3n) is 5.65. The molecule has 0 radical (unpaired) electrons. The normalized spacial score (nSPS) is 14.2. The van der Waals surface area contributed by atoms with E-state index in [-0.39, 0.29) is 5.78 Å². The van der Waals surface area contributed by atoms with E-state index in [0.717, 1.165) is 65.4 Å². The first-order valence-electron chi connectivity index (χ1n) is 10.7. The SMILES string of the molecule is CCCC(=O)c1cc(C)c(OCCN2CCCC2)c(-c2ccc(OC)cc2C)c1. The maximum absolute atomic E-state index is 12.6. The smallest absolute Gasteiger partial charge is 0.162 e. The van der Waals surface area contributed by atoms with E-state index in [9.17, 15) is 4.79 Å². The number of hydrogen-bond donors (Lipinski definition) is 0. The summed E-state index contributed by atoms with van der Waals surface area (Å²) in [7, 11) is 1.68. The van der Waals surface area contributed by atoms with Crippen LogP contribution in [0.25, 0.3) is 11.1 Å². The molecule has 1 aliphatic rings. The third kappa shape index (κ3) is 5.18. The average molecular weight is 396 g/mol. The molecule has 29 heavy (non-hydrogen) atoms. The quantitative estimate of drug-likeness (QED) is 0.530. The van der Waals surface area contributed by atoms with Crippen molar-refractivity contribution in [3.8, 4) is 22.6 Å². The van der Waals surface area contributed by atoms with Gasteiger partial charge in [-0.15, -0.1) is 0 Å². The van der Waals surface area contributed by atoms with Gasteiger partial charge >= 0.3 is 0 Å². The van der Waals surface area contributed by atoms with Crippen LogP contribution in [0.15, 0.2) is 30.3 Å². The Morgan fingerprint density at radius 2 is 1.79 bits per heavy atom. The molecule has 2 aromatic carbocycles. The second kappa shape index (κ2) is 9.93. The number of carbonyl (C=O) groups is 1. The molecule has 0 N–H and O–H groups in total. The van der Waals surface area contributed by atoms with Gasteiger partial charge in [-0.3, -0.25) is 9.69 Å². The van der Waals surface area contributed by atoms with Crippen LogP contribution in [-0.4, -0.2) is 44.0 Å². The van der Waals surface area contributed by atoms with Crippen molar-refractivity contribution in [2.75, 3.05) is 33.4 Å². The number of methoxy groups -OCH3 is 1. The summed E-state index contributed by atoms with van der Waals surface area (Å²) in [6.07, 6.45) is 3.98. The highest BCUT2D eigenvalue weighted by molar-refractivity contribution is 5.98. The van der Waals surface area contributed by atoms with Crippen molar-refractivity contribution < 1.29 is 14.3 Å². The summed E-state index contributed by atoms with van der Waals surface area (Å²) in [5, 5.41) is 0. The summed E-state index contributed by atoms with van der Waals surface area (Å²) in [6, 6.07) is 10.0. The van der Waals surface area contributed by atoms with Gasteiger partial charge in [-0.1, -0.05) is 13.0 Å². The fourth-order valence-corrected chi connectivity index (χ4v) is 4.05. The van der Waals surface area contributed by atoms with Crippen LogP contribution < -0.4 is 9.47 Å². The van der Waals surface area contributed by atoms with Gasteiger partial charge in [-0.2, -0.15) is 0 Å². The lowest BCUT2D eigenvalue weighted by molar-refractivity contribution is 0.0981. The van der Waals surface area contributed by atoms with Crippen LogP contribution in [0.1, 0.15) is 54.1 Å². The summed E-state index contributed by atoms with van der Waals surface area (Å²) in [5.74, 6) is 1.90. The molecule has 4 heteroatoms. The van der Waals surface area contributed by atoms with Crippen molar-refractivity contribution in [3.05, 3.63) is 47.0 Å². The molecule has 4 nitrogen and oxygen atoms in total. The Morgan fingerprint density at radius 3 is 2.45 bits per heavy atom. The lowest BCUT2D eigenvalue weighted by atomic mass is 9.93. The van der Waals surface area contributed by atoms with Gasteiger partial charge in [0.1, 0.15) is 18.1 Å². The summed E-state index contributed by atoms with van der Waals surface area (Å²) in [4.78, 5) is 15.0. The second-order valence-corrected chi connectivity index (χ2v) is 7.92. The van der Waals surface area contributed by atoms with Gasteiger partial charge < -0.3 is 9.47 Å². The summed E-state index contributed by atoms with van der Waals surface area (Å²) >= 11 is 0. The van der Waals surface area contributed by atoms with Crippen LogP contribution in [-0.2, 0) is 0 Å². The van der Waals surface area contributed by atoms with Gasteiger partial charge in [0.2, 0.25) is 0 Å². The second-order valence-electron chi connectivity index (χ2n) is 7.92. The molecule has 1 saturated heterocycles. The van der Waals surface area contributed by atoms with Crippen LogP contribution in [0.2, 0.25) is 0 Å². The number of ketones is 1. The molecule has 0 unspecified atom stereocenters. The van der Waals surface area contributed by atoms with Crippen LogP contribution in [0.4, 0.5) is 0 Å². The van der Waals surface area contributed by atoms with Crippen molar-refractivity contribution in [3.63, 3.8) is 0 Å². The zero-order chi connectivity index (χ0) is 20.8. The predicted octanol–water partition coefficient (Wildman–Crippen LogP) is 5.44. The first-order chi connectivity index (χ1) is 14.0. The Balaban J connectivity index is 1.95. The number of likely N-dealkylation sites (tertiary alicyclic amines) is 1. The minimum absolute atomic E-state index is 0.187. The van der Waals surface area contributed by atoms with Crippen LogP contribution in [0.3, 0.4) is 0 Å². The first kappa shape index (κ1) is 21.4. The minimum atomic E-state index is 0.187. The molecule has 0 spiro atoms. The topological polar surface area (TPSA) is 38.8 Å². The van der Waals surface area contributed by atoms with E-state index < -0.39 is 0 Å². The number of carbonyl (C=O) groups excluding carboxylic acids is 1. The van der Waals surface area contributed by atoms with Crippen molar-refractivity contribution in [1.29, 1.82) is 0 Å². The highest BCUT2D eigenvalue weighted by Crippen LogP contribution is 2.37. The highest BCUT2D eigenvalue weighted by Gasteiger charge is 2.18. The van der Waals surface area contributed by atoms with Crippen molar-refractivity contribution in [1.82, 2.24) is 4.90 Å². The highest BCUT2D eigenvalue weighted by atomic mass is 16.5. The fraction of sp³-hybridized carbons (Fsp3) is 0.480. The molecular weight excluding hydrogens is 362 g/mol. The Labute approximate surface area is 174 Å². The molecule has 1 aliphatic heterocycles. The molecule has 0 aromatic heterocycles. The largest absolute Gasteiger partial charge is 0.497 e. The third-order valence-corrected chi connectivity index (χ3v) is 5.65. The minimum Gasteiger partial charge on any atom is -0.497 e. The van der Waals surface area contributed by atoms with Gasteiger partial charge in [0.15, 0.2) is 5.78 Å². The molecule has 3 rings (SSSR count). The number of nitrogens with zero attached hydrogens (tertiary/aromatic N) is 1. The van der Waals surface area contributed by atoms with E-state index >= 15 is 0 Å². The molecule has 156 valence electrons. The van der Waals surface area contributed by atoms with E-state index in [1.165, 1.54) is 12.8 Å². The Bertz CT molecular complexity index is 853. The van der Waals surface area contributed by atoms with Gasteiger partial charge in [0.05, 0.1) is 7.11 Å². The molecule has 0 bridgehead atoms. The number of aryl methyl sites for hydroxylation is 2. The maximum Gasteiger partial charge on any atom is 0.162 e. The Morgan fingerprint density at radius 1 is 1.03 bits per heavy atom. The predicted molar refractivity (Wildman–Crippen MR) is 118 cm³/mol. The number of benzene rings is 2. The monoisotopic (exact) mass is 395 g/mol. The number of hydrogen-bond acceptors (Lipinski definition) is 4. The lowest BCUT2D eigenvalue weighted by Crippen LogP contribution is -2.25. The van der Waals surface area contributed by atoms with E-state index in [4.69, 9.17) is 9.47 Å². The van der Waals surface area contributed by atoms with Gasteiger partial charge in [0.25, 0.3) is 0 Å². The fourth-order valence-electron chi connectivity index (χ4n) is 4.05. The number of ether oxygens (including phenoxy) is 2. The van der Waals surface area contributed by atoms with E-state index in [1.807, 2.05) is 38.1 Å². The van der Waals surface area contributed by atoms with Crippen LogP contribution in [0, 0.1) is 13.8 Å². The number of Topliss-reactive ketones (excluding diaryl/α,β-unsaturated/α-hetero) is 1. The molecule has 0 atom stereocenters. The van der Waals surface area contributed by atoms with Crippen molar-refractivity contribution in [2.24, 2.45) is 0 Å². The molecule has 0 aliphatic carbocycles. The number of rotatable bonds is 9. The zero-order valence-corrected chi connectivity index (χ0v) is 18.2. The van der Waals surface area contributed by atoms with Crippen LogP contribution >= 0.6 is 0 Å². The maximum atomic E-state index is 12.6. The molecule has 0 saturated carbocycles. The molecule has 0 amide bonds. The van der Waals surface area contributed by atoms with E-state index in [2.05, 4.69) is 17.9 Å². The van der Waals surface area contributed by atoms with Crippen molar-refractivity contribution in [2.45, 2.75) is 46.5 Å². The first-order valence-corrected chi connectivity index (χ1v) is 10.7. The zero-order valence-electron chi connectivity index (χ0n) is 18.2. The lowest BCUT2D eigenvalue weighted by Gasteiger charge is -2.20. The molecular formula is C25H33NO3.